The van der Waals surface area contributed by atoms with E-state index in [0.717, 1.165) is 19.4 Å². The van der Waals surface area contributed by atoms with Crippen molar-refractivity contribution in [3.8, 4) is 0 Å². The highest BCUT2D eigenvalue weighted by atomic mass is 16.3. The quantitative estimate of drug-likeness (QED) is 0.752. The first-order valence-corrected chi connectivity index (χ1v) is 5.47. The number of aromatic nitrogens is 1. The van der Waals surface area contributed by atoms with Gasteiger partial charge in [0.2, 0.25) is 0 Å². The molecule has 0 unspecified atom stereocenters. The van der Waals surface area contributed by atoms with Crippen LogP contribution in [0.2, 0.25) is 0 Å². The number of hydrogen-bond acceptors (Lipinski definition) is 3. The van der Waals surface area contributed by atoms with Gasteiger partial charge >= 0.3 is 0 Å². The Morgan fingerprint density at radius 3 is 3.00 bits per heavy atom. The van der Waals surface area contributed by atoms with Crippen LogP contribution >= 0.6 is 0 Å². The van der Waals surface area contributed by atoms with Crippen molar-refractivity contribution in [1.29, 1.82) is 0 Å². The number of aliphatic hydroxyl groups excluding tert-OH is 1. The van der Waals surface area contributed by atoms with E-state index in [-0.39, 0.29) is 18.6 Å². The van der Waals surface area contributed by atoms with Crippen molar-refractivity contribution in [2.24, 2.45) is 7.05 Å². The third-order valence-corrected chi connectivity index (χ3v) is 3.09. The fourth-order valence-electron chi connectivity index (χ4n) is 2.24. The molecule has 1 atom stereocenters. The maximum absolute atomic E-state index is 12.2. The maximum atomic E-state index is 12.2. The van der Waals surface area contributed by atoms with Crippen molar-refractivity contribution in [2.45, 2.75) is 18.9 Å². The van der Waals surface area contributed by atoms with Crippen molar-refractivity contribution in [1.82, 2.24) is 9.47 Å². The molecule has 1 saturated heterocycles. The van der Waals surface area contributed by atoms with Crippen LogP contribution in [0.1, 0.15) is 23.3 Å². The van der Waals surface area contributed by atoms with E-state index in [1.807, 2.05) is 0 Å². The molecule has 1 amide bonds. The zero-order valence-corrected chi connectivity index (χ0v) is 9.39. The lowest BCUT2D eigenvalue weighted by Gasteiger charge is -2.23. The van der Waals surface area contributed by atoms with Gasteiger partial charge in [0.25, 0.3) is 5.91 Å². The van der Waals surface area contributed by atoms with E-state index in [1.54, 1.807) is 28.8 Å². The summed E-state index contributed by atoms with van der Waals surface area (Å²) in [7, 11) is 1.80. The fourth-order valence-corrected chi connectivity index (χ4v) is 2.24. The van der Waals surface area contributed by atoms with Crippen LogP contribution in [0.25, 0.3) is 0 Å². The zero-order chi connectivity index (χ0) is 11.7. The molecule has 88 valence electrons. The van der Waals surface area contributed by atoms with Gasteiger partial charge in [0.1, 0.15) is 5.69 Å². The molecule has 3 N–H and O–H groups in total. The fraction of sp³-hybridized carbons (Fsp3) is 0.545. The Hall–Kier alpha value is -1.49. The van der Waals surface area contributed by atoms with Gasteiger partial charge in [0.15, 0.2) is 0 Å². The van der Waals surface area contributed by atoms with Gasteiger partial charge < -0.3 is 20.3 Å². The van der Waals surface area contributed by atoms with E-state index in [1.165, 1.54) is 0 Å². The smallest absolute Gasteiger partial charge is 0.270 e. The number of hydrogen-bond donors (Lipinski definition) is 2. The molecule has 0 spiro atoms. The van der Waals surface area contributed by atoms with Crippen molar-refractivity contribution < 1.29 is 9.90 Å². The van der Waals surface area contributed by atoms with E-state index in [0.29, 0.717) is 11.4 Å². The first-order valence-electron chi connectivity index (χ1n) is 5.47. The standard InChI is InChI=1S/C11H17N3O2/c1-13-6-8(12)5-10(13)11(16)14-4-2-3-9(14)7-15/h5-6,9,15H,2-4,7,12H2,1H3/t9-/m1/s1. The lowest BCUT2D eigenvalue weighted by molar-refractivity contribution is 0.0668. The summed E-state index contributed by atoms with van der Waals surface area (Å²) < 4.78 is 1.73. The Labute approximate surface area is 94.5 Å². The van der Waals surface area contributed by atoms with Gasteiger partial charge in [0, 0.05) is 19.8 Å². The predicted octanol–water partition coefficient (Wildman–Crippen LogP) is 0.204. The molecule has 0 aliphatic carbocycles. The molecule has 1 aliphatic heterocycles. The number of aryl methyl sites for hydroxylation is 1. The van der Waals surface area contributed by atoms with Crippen LogP contribution in [-0.2, 0) is 7.05 Å². The molecule has 2 rings (SSSR count). The van der Waals surface area contributed by atoms with Crippen LogP contribution in [0.5, 0.6) is 0 Å². The summed E-state index contributed by atoms with van der Waals surface area (Å²) in [4.78, 5) is 13.9. The Balaban J connectivity index is 2.21. The number of anilines is 1. The molecule has 0 saturated carbocycles. The van der Waals surface area contributed by atoms with Gasteiger partial charge in [-0.1, -0.05) is 0 Å². The van der Waals surface area contributed by atoms with E-state index >= 15 is 0 Å². The molecule has 5 heteroatoms. The van der Waals surface area contributed by atoms with Crippen molar-refractivity contribution >= 4 is 11.6 Å². The number of carbonyl (C=O) groups is 1. The number of nitrogen functional groups attached to an aromatic ring is 1. The SMILES string of the molecule is Cn1cc(N)cc1C(=O)N1CCC[C@@H]1CO. The number of rotatable bonds is 2. The summed E-state index contributed by atoms with van der Waals surface area (Å²) >= 11 is 0. The Morgan fingerprint density at radius 1 is 1.69 bits per heavy atom. The molecule has 5 nitrogen and oxygen atoms in total. The minimum Gasteiger partial charge on any atom is -0.397 e. The van der Waals surface area contributed by atoms with Crippen LogP contribution in [0.15, 0.2) is 12.3 Å². The summed E-state index contributed by atoms with van der Waals surface area (Å²) in [5.41, 5.74) is 6.81. The summed E-state index contributed by atoms with van der Waals surface area (Å²) in [5, 5.41) is 9.18. The molecule has 1 fully saturated rings. The Morgan fingerprint density at radius 2 is 2.44 bits per heavy atom. The van der Waals surface area contributed by atoms with Gasteiger partial charge in [-0.3, -0.25) is 4.79 Å². The second-order valence-corrected chi connectivity index (χ2v) is 4.25. The minimum absolute atomic E-state index is 0.0334. The number of likely N-dealkylation sites (tertiary alicyclic amines) is 1. The number of nitrogens with two attached hydrogens (primary N) is 1. The van der Waals surface area contributed by atoms with Gasteiger partial charge in [-0.25, -0.2) is 0 Å². The third kappa shape index (κ3) is 1.78. The largest absolute Gasteiger partial charge is 0.397 e. The van der Waals surface area contributed by atoms with Crippen LogP contribution in [0, 0.1) is 0 Å². The van der Waals surface area contributed by atoms with Gasteiger partial charge in [-0.05, 0) is 18.9 Å². The number of aliphatic hydroxyl groups is 1. The molecule has 0 bridgehead atoms. The van der Waals surface area contributed by atoms with Gasteiger partial charge in [-0.2, -0.15) is 0 Å². The molecule has 1 aromatic heterocycles. The minimum atomic E-state index is -0.0456. The molecule has 0 radical (unpaired) electrons. The summed E-state index contributed by atoms with van der Waals surface area (Å²) in [6.07, 6.45) is 3.55. The molecule has 16 heavy (non-hydrogen) atoms. The highest BCUT2D eigenvalue weighted by molar-refractivity contribution is 5.94. The first-order chi connectivity index (χ1) is 7.63. The van der Waals surface area contributed by atoms with Crippen molar-refractivity contribution in [3.05, 3.63) is 18.0 Å². The van der Waals surface area contributed by atoms with Crippen LogP contribution in [0.4, 0.5) is 5.69 Å². The number of amides is 1. The summed E-state index contributed by atoms with van der Waals surface area (Å²) in [6, 6.07) is 1.64. The van der Waals surface area contributed by atoms with Crippen molar-refractivity contribution in [3.63, 3.8) is 0 Å². The second kappa shape index (κ2) is 4.17. The average Bonchev–Trinajstić information content (AvgIpc) is 2.83. The van der Waals surface area contributed by atoms with Crippen LogP contribution in [0.3, 0.4) is 0 Å². The summed E-state index contributed by atoms with van der Waals surface area (Å²) in [6.45, 7) is 0.751. The third-order valence-electron chi connectivity index (χ3n) is 3.09. The normalized spacial score (nSPS) is 20.4. The monoisotopic (exact) mass is 223 g/mol. The molecule has 1 aromatic rings. The zero-order valence-electron chi connectivity index (χ0n) is 9.39. The molecule has 2 heterocycles. The van der Waals surface area contributed by atoms with E-state index in [4.69, 9.17) is 5.73 Å². The predicted molar refractivity (Wildman–Crippen MR) is 61.0 cm³/mol. The van der Waals surface area contributed by atoms with Crippen LogP contribution in [-0.4, -0.2) is 39.7 Å². The molecule has 1 aliphatic rings. The van der Waals surface area contributed by atoms with Gasteiger partial charge in [-0.15, -0.1) is 0 Å². The average molecular weight is 223 g/mol. The van der Waals surface area contributed by atoms with Crippen molar-refractivity contribution in [2.75, 3.05) is 18.9 Å². The molecular formula is C11H17N3O2. The number of nitrogens with zero attached hydrogens (tertiary/aromatic N) is 2. The highest BCUT2D eigenvalue weighted by Gasteiger charge is 2.29. The van der Waals surface area contributed by atoms with Crippen LogP contribution < -0.4 is 5.73 Å². The molecular weight excluding hydrogens is 206 g/mol. The van der Waals surface area contributed by atoms with Gasteiger partial charge in [0.05, 0.1) is 18.3 Å². The Kier molecular flexibility index (Phi) is 2.87. The topological polar surface area (TPSA) is 71.5 Å². The lowest BCUT2D eigenvalue weighted by atomic mass is 10.2. The van der Waals surface area contributed by atoms with E-state index in [9.17, 15) is 9.90 Å². The lowest BCUT2D eigenvalue weighted by Crippen LogP contribution is -2.38. The summed E-state index contributed by atoms with van der Waals surface area (Å²) in [5.74, 6) is -0.0456. The Bertz CT molecular complexity index is 400. The molecule has 0 aromatic carbocycles. The van der Waals surface area contributed by atoms with E-state index < -0.39 is 0 Å². The number of carbonyl (C=O) groups excluding carboxylic acids is 1. The first kappa shape index (κ1) is 11.0. The maximum Gasteiger partial charge on any atom is 0.270 e. The van der Waals surface area contributed by atoms with E-state index in [2.05, 4.69) is 0 Å². The highest BCUT2D eigenvalue weighted by Crippen LogP contribution is 2.20. The second-order valence-electron chi connectivity index (χ2n) is 4.25.